The molecular formula is C13H18N2O4. The van der Waals surface area contributed by atoms with Crippen molar-refractivity contribution in [1.29, 1.82) is 0 Å². The smallest absolute Gasteiger partial charge is 0.321 e. The van der Waals surface area contributed by atoms with Gasteiger partial charge in [0.05, 0.1) is 6.42 Å². The molecule has 1 aliphatic rings. The van der Waals surface area contributed by atoms with Crippen LogP contribution in [0.5, 0.6) is 0 Å². The molecule has 19 heavy (non-hydrogen) atoms. The van der Waals surface area contributed by atoms with E-state index in [1.165, 1.54) is 11.1 Å². The van der Waals surface area contributed by atoms with Crippen molar-refractivity contribution in [2.75, 3.05) is 0 Å². The summed E-state index contributed by atoms with van der Waals surface area (Å²) in [5, 5.41) is 16.0. The molecule has 2 atom stereocenters. The number of hydrogen-bond acceptors (Lipinski definition) is 4. The summed E-state index contributed by atoms with van der Waals surface area (Å²) in [7, 11) is 0. The summed E-state index contributed by atoms with van der Waals surface area (Å²) in [5.41, 5.74) is 13.5. The van der Waals surface area contributed by atoms with Gasteiger partial charge in [-0.2, -0.15) is 0 Å². The maximum absolute atomic E-state index is 9.85. The quantitative estimate of drug-likeness (QED) is 0.631. The molecule has 1 aliphatic carbocycles. The topological polar surface area (TPSA) is 127 Å². The third-order valence-electron chi connectivity index (χ3n) is 2.89. The molecule has 0 saturated heterocycles. The third-order valence-corrected chi connectivity index (χ3v) is 2.89. The number of hydrogen-bond donors (Lipinski definition) is 4. The van der Waals surface area contributed by atoms with Crippen LogP contribution in [0.15, 0.2) is 24.3 Å². The van der Waals surface area contributed by atoms with E-state index >= 15 is 0 Å². The van der Waals surface area contributed by atoms with Crippen molar-refractivity contribution < 1.29 is 19.8 Å². The number of aliphatic carboxylic acids is 2. The summed E-state index contributed by atoms with van der Waals surface area (Å²) in [6.45, 7) is 0. The minimum absolute atomic E-state index is 0.302. The highest BCUT2D eigenvalue weighted by atomic mass is 16.4. The summed E-state index contributed by atoms with van der Waals surface area (Å²) in [6.07, 6.45) is 1.76. The van der Waals surface area contributed by atoms with Crippen LogP contribution in [0.25, 0.3) is 0 Å². The Bertz CT molecular complexity index is 462. The summed E-state index contributed by atoms with van der Waals surface area (Å²) in [4.78, 5) is 19.6. The Morgan fingerprint density at radius 3 is 2.42 bits per heavy atom. The minimum Gasteiger partial charge on any atom is -0.481 e. The number of carboxylic acid groups (broad SMARTS) is 2. The second kappa shape index (κ2) is 6.86. The predicted octanol–water partition coefficient (Wildman–Crippen LogP) is 0.506. The number of carboxylic acids is 2. The predicted molar refractivity (Wildman–Crippen MR) is 69.6 cm³/mol. The minimum atomic E-state index is -1.29. The first kappa shape index (κ1) is 15.1. The monoisotopic (exact) mass is 266 g/mol. The van der Waals surface area contributed by atoms with E-state index in [1.807, 2.05) is 0 Å². The van der Waals surface area contributed by atoms with Crippen LogP contribution in [0.4, 0.5) is 0 Å². The summed E-state index contributed by atoms with van der Waals surface area (Å²) >= 11 is 0. The Morgan fingerprint density at radius 1 is 1.32 bits per heavy atom. The maximum atomic E-state index is 9.85. The number of aryl methyl sites for hydroxylation is 1. The van der Waals surface area contributed by atoms with Crippen LogP contribution in [0.2, 0.25) is 0 Å². The number of rotatable bonds is 3. The Balaban J connectivity index is 0.000000192. The van der Waals surface area contributed by atoms with E-state index in [1.54, 1.807) is 0 Å². The van der Waals surface area contributed by atoms with Crippen LogP contribution in [0.1, 0.15) is 30.0 Å². The van der Waals surface area contributed by atoms with Crippen molar-refractivity contribution in [2.45, 2.75) is 31.3 Å². The van der Waals surface area contributed by atoms with Crippen LogP contribution in [0.3, 0.4) is 0 Å². The normalized spacial score (nSPS) is 17.9. The zero-order valence-electron chi connectivity index (χ0n) is 10.5. The van der Waals surface area contributed by atoms with E-state index in [0.29, 0.717) is 6.04 Å². The molecule has 0 aliphatic heterocycles. The molecule has 0 spiro atoms. The van der Waals surface area contributed by atoms with Crippen LogP contribution >= 0.6 is 0 Å². The average Bonchev–Trinajstić information content (AvgIpc) is 2.72. The van der Waals surface area contributed by atoms with E-state index in [4.69, 9.17) is 21.7 Å². The van der Waals surface area contributed by atoms with Crippen LogP contribution in [0, 0.1) is 0 Å². The van der Waals surface area contributed by atoms with Gasteiger partial charge in [-0.05, 0) is 24.0 Å². The second-order valence-electron chi connectivity index (χ2n) is 4.39. The molecule has 0 fully saturated rings. The molecule has 1 aromatic carbocycles. The lowest BCUT2D eigenvalue weighted by molar-refractivity contribution is -0.144. The van der Waals surface area contributed by atoms with Gasteiger partial charge in [-0.3, -0.25) is 9.59 Å². The highest BCUT2D eigenvalue weighted by Crippen LogP contribution is 2.28. The molecule has 0 bridgehead atoms. The van der Waals surface area contributed by atoms with Gasteiger partial charge in [-0.1, -0.05) is 24.3 Å². The fourth-order valence-electron chi connectivity index (χ4n) is 1.87. The molecule has 0 saturated carbocycles. The first-order valence-corrected chi connectivity index (χ1v) is 5.95. The molecule has 0 aromatic heterocycles. The first-order chi connectivity index (χ1) is 8.91. The Kier molecular flexibility index (Phi) is 5.47. The van der Waals surface area contributed by atoms with Crippen molar-refractivity contribution in [2.24, 2.45) is 11.5 Å². The van der Waals surface area contributed by atoms with Crippen LogP contribution < -0.4 is 11.5 Å². The largest absolute Gasteiger partial charge is 0.481 e. The lowest BCUT2D eigenvalue weighted by Crippen LogP contribution is -2.32. The van der Waals surface area contributed by atoms with Crippen molar-refractivity contribution in [3.63, 3.8) is 0 Å². The van der Waals surface area contributed by atoms with E-state index in [2.05, 4.69) is 24.3 Å². The standard InChI is InChI=1S/C9H11N.C4H7NO4/c10-9-6-5-7-3-1-2-4-8(7)9;5-2(4(8)9)1-3(6)7/h1-4,9H,5-6,10H2;2H,1,5H2,(H,6,7)(H,8,9)/t9-;2-/m00/s1. The van der Waals surface area contributed by atoms with Gasteiger partial charge in [-0.15, -0.1) is 0 Å². The molecule has 0 unspecified atom stereocenters. The SMILES string of the molecule is N[C@@H](CC(=O)O)C(=O)O.N[C@H]1CCc2ccccc21. The van der Waals surface area contributed by atoms with Gasteiger partial charge in [-0.25, -0.2) is 0 Å². The summed E-state index contributed by atoms with van der Waals surface area (Å²) in [6, 6.07) is 7.45. The molecule has 1 aromatic rings. The van der Waals surface area contributed by atoms with Crippen molar-refractivity contribution in [3.05, 3.63) is 35.4 Å². The number of fused-ring (bicyclic) bond motifs is 1. The molecule has 0 amide bonds. The van der Waals surface area contributed by atoms with Gasteiger partial charge in [0.25, 0.3) is 0 Å². The van der Waals surface area contributed by atoms with Gasteiger partial charge in [0.15, 0.2) is 0 Å². The number of benzene rings is 1. The molecule has 104 valence electrons. The lowest BCUT2D eigenvalue weighted by Gasteiger charge is -2.01. The fraction of sp³-hybridized carbons (Fsp3) is 0.385. The highest BCUT2D eigenvalue weighted by molar-refractivity contribution is 5.80. The van der Waals surface area contributed by atoms with Crippen LogP contribution in [-0.2, 0) is 16.0 Å². The zero-order chi connectivity index (χ0) is 14.4. The average molecular weight is 266 g/mol. The van der Waals surface area contributed by atoms with Gasteiger partial charge < -0.3 is 21.7 Å². The number of carbonyl (C=O) groups is 2. The van der Waals surface area contributed by atoms with Gasteiger partial charge in [0.2, 0.25) is 0 Å². The molecule has 2 rings (SSSR count). The van der Waals surface area contributed by atoms with E-state index < -0.39 is 24.4 Å². The van der Waals surface area contributed by atoms with Crippen molar-refractivity contribution in [1.82, 2.24) is 0 Å². The third kappa shape index (κ3) is 4.69. The Labute approximate surface area is 111 Å². The molecule has 0 radical (unpaired) electrons. The van der Waals surface area contributed by atoms with Gasteiger partial charge >= 0.3 is 11.9 Å². The molecular weight excluding hydrogens is 248 g/mol. The van der Waals surface area contributed by atoms with Crippen LogP contribution in [-0.4, -0.2) is 28.2 Å². The summed E-state index contributed by atoms with van der Waals surface area (Å²) in [5.74, 6) is -2.50. The van der Waals surface area contributed by atoms with Crippen molar-refractivity contribution in [3.8, 4) is 0 Å². The van der Waals surface area contributed by atoms with Gasteiger partial charge in [0, 0.05) is 6.04 Å². The molecule has 6 nitrogen and oxygen atoms in total. The molecule has 0 heterocycles. The zero-order valence-corrected chi connectivity index (χ0v) is 10.5. The van der Waals surface area contributed by atoms with E-state index in [0.717, 1.165) is 12.8 Å². The molecule has 6 N–H and O–H groups in total. The Morgan fingerprint density at radius 2 is 1.95 bits per heavy atom. The maximum Gasteiger partial charge on any atom is 0.321 e. The fourth-order valence-corrected chi connectivity index (χ4v) is 1.87. The Hall–Kier alpha value is -1.92. The lowest BCUT2D eigenvalue weighted by atomic mass is 10.1. The van der Waals surface area contributed by atoms with Gasteiger partial charge in [0.1, 0.15) is 6.04 Å². The first-order valence-electron chi connectivity index (χ1n) is 5.95. The second-order valence-corrected chi connectivity index (χ2v) is 4.39. The summed E-state index contributed by atoms with van der Waals surface area (Å²) < 4.78 is 0. The van der Waals surface area contributed by atoms with Crippen molar-refractivity contribution >= 4 is 11.9 Å². The number of nitrogens with two attached hydrogens (primary N) is 2. The van der Waals surface area contributed by atoms with E-state index in [9.17, 15) is 9.59 Å². The van der Waals surface area contributed by atoms with E-state index in [-0.39, 0.29) is 0 Å². The highest BCUT2D eigenvalue weighted by Gasteiger charge is 2.17. The molecule has 6 heteroatoms.